The molecule has 5 nitrogen and oxygen atoms in total. The maximum atomic E-state index is 12.8. The predicted molar refractivity (Wildman–Crippen MR) is 88.5 cm³/mol. The number of hydrogen-bond donors (Lipinski definition) is 0. The fraction of sp³-hybridized carbons (Fsp3) is 0.0556. The van der Waals surface area contributed by atoms with E-state index < -0.39 is 0 Å². The van der Waals surface area contributed by atoms with Gasteiger partial charge in [0, 0.05) is 18.6 Å². The Morgan fingerprint density at radius 2 is 1.96 bits per heavy atom. The number of rotatable bonds is 1. The van der Waals surface area contributed by atoms with Crippen molar-refractivity contribution in [1.82, 2.24) is 14.1 Å². The van der Waals surface area contributed by atoms with Crippen molar-refractivity contribution in [2.75, 3.05) is 0 Å². The second-order valence-electron chi connectivity index (χ2n) is 5.33. The molecule has 0 amide bonds. The summed E-state index contributed by atoms with van der Waals surface area (Å²) in [6.45, 7) is 0. The van der Waals surface area contributed by atoms with Gasteiger partial charge in [-0.1, -0.05) is 18.2 Å². The average Bonchev–Trinajstić information content (AvgIpc) is 2.88. The number of para-hydroxylation sites is 1. The van der Waals surface area contributed by atoms with E-state index in [1.807, 2.05) is 48.0 Å². The molecule has 0 bridgehead atoms. The Labute approximate surface area is 131 Å². The fourth-order valence-corrected chi connectivity index (χ4v) is 3.03. The first-order valence-electron chi connectivity index (χ1n) is 7.16. The number of nitriles is 1. The largest absolute Gasteiger partial charge is 0.342 e. The van der Waals surface area contributed by atoms with E-state index >= 15 is 0 Å². The lowest BCUT2D eigenvalue weighted by Crippen LogP contribution is -2.21. The number of pyridine rings is 2. The molecule has 0 saturated carbocycles. The van der Waals surface area contributed by atoms with Crippen LogP contribution in [-0.2, 0) is 7.05 Å². The highest BCUT2D eigenvalue weighted by atomic mass is 16.1. The third-order valence-corrected chi connectivity index (χ3v) is 4.09. The highest BCUT2D eigenvalue weighted by Crippen LogP contribution is 2.28. The molecule has 0 spiro atoms. The van der Waals surface area contributed by atoms with Crippen molar-refractivity contribution in [3.05, 3.63) is 70.8 Å². The van der Waals surface area contributed by atoms with Gasteiger partial charge < -0.3 is 4.57 Å². The van der Waals surface area contributed by atoms with Gasteiger partial charge in [-0.25, -0.2) is 0 Å². The van der Waals surface area contributed by atoms with Crippen LogP contribution in [0.25, 0.3) is 27.6 Å². The third kappa shape index (κ3) is 1.79. The van der Waals surface area contributed by atoms with Crippen LogP contribution in [0.5, 0.6) is 0 Å². The topological polar surface area (TPSA) is 63.6 Å². The lowest BCUT2D eigenvalue weighted by atomic mass is 10.2. The first kappa shape index (κ1) is 13.3. The van der Waals surface area contributed by atoms with Gasteiger partial charge in [0.15, 0.2) is 0 Å². The van der Waals surface area contributed by atoms with Crippen LogP contribution in [0.3, 0.4) is 0 Å². The van der Waals surface area contributed by atoms with Crippen LogP contribution in [0.4, 0.5) is 0 Å². The molecule has 0 fully saturated rings. The Morgan fingerprint density at radius 1 is 1.13 bits per heavy atom. The second-order valence-corrected chi connectivity index (χ2v) is 5.33. The molecular formula is C18H12N4O. The van der Waals surface area contributed by atoms with Crippen molar-refractivity contribution in [3.63, 3.8) is 0 Å². The summed E-state index contributed by atoms with van der Waals surface area (Å²) in [6, 6.07) is 15.1. The van der Waals surface area contributed by atoms with Gasteiger partial charge in [-0.2, -0.15) is 5.26 Å². The zero-order chi connectivity index (χ0) is 16.0. The van der Waals surface area contributed by atoms with Gasteiger partial charge in [0.05, 0.1) is 28.4 Å². The summed E-state index contributed by atoms with van der Waals surface area (Å²) in [5.41, 5.74) is 3.08. The fourth-order valence-electron chi connectivity index (χ4n) is 3.03. The normalized spacial score (nSPS) is 11.0. The summed E-state index contributed by atoms with van der Waals surface area (Å²) in [7, 11) is 1.93. The molecule has 0 atom stereocenters. The van der Waals surface area contributed by atoms with Crippen LogP contribution >= 0.6 is 0 Å². The summed E-state index contributed by atoms with van der Waals surface area (Å²) in [4.78, 5) is 16.9. The zero-order valence-corrected chi connectivity index (χ0v) is 12.4. The summed E-state index contributed by atoms with van der Waals surface area (Å²) < 4.78 is 3.57. The van der Waals surface area contributed by atoms with E-state index in [-0.39, 0.29) is 11.1 Å². The molecule has 4 rings (SSSR count). The molecule has 0 saturated heterocycles. The van der Waals surface area contributed by atoms with E-state index in [0.717, 1.165) is 21.9 Å². The van der Waals surface area contributed by atoms with E-state index in [9.17, 15) is 10.1 Å². The van der Waals surface area contributed by atoms with Gasteiger partial charge in [-0.05, 0) is 24.3 Å². The van der Waals surface area contributed by atoms with Gasteiger partial charge in [0.2, 0.25) is 0 Å². The molecule has 3 aromatic heterocycles. The van der Waals surface area contributed by atoms with E-state index in [2.05, 4.69) is 4.98 Å². The Morgan fingerprint density at radius 3 is 2.70 bits per heavy atom. The molecule has 1 aromatic carbocycles. The van der Waals surface area contributed by atoms with E-state index in [4.69, 9.17) is 0 Å². The quantitative estimate of drug-likeness (QED) is 0.543. The van der Waals surface area contributed by atoms with Crippen LogP contribution < -0.4 is 5.56 Å². The zero-order valence-electron chi connectivity index (χ0n) is 12.4. The smallest absolute Gasteiger partial charge is 0.273 e. The van der Waals surface area contributed by atoms with Gasteiger partial charge in [-0.15, -0.1) is 0 Å². The number of benzene rings is 1. The van der Waals surface area contributed by atoms with Crippen molar-refractivity contribution in [1.29, 1.82) is 5.26 Å². The highest BCUT2D eigenvalue weighted by Gasteiger charge is 2.17. The van der Waals surface area contributed by atoms with Crippen molar-refractivity contribution in [2.45, 2.75) is 0 Å². The molecule has 4 aromatic rings. The molecule has 110 valence electrons. The van der Waals surface area contributed by atoms with E-state index in [1.165, 1.54) is 0 Å². The van der Waals surface area contributed by atoms with Crippen LogP contribution in [0, 0.1) is 11.3 Å². The molecule has 3 heterocycles. The SMILES string of the molecule is Cn1c2ccccc2c2c1cc(C#N)c(=O)n2-c1cccnc1. The number of aryl methyl sites for hydroxylation is 1. The first-order chi connectivity index (χ1) is 11.2. The Hall–Kier alpha value is -3.39. The van der Waals surface area contributed by atoms with E-state index in [0.29, 0.717) is 5.69 Å². The van der Waals surface area contributed by atoms with Gasteiger partial charge in [0.25, 0.3) is 5.56 Å². The van der Waals surface area contributed by atoms with Crippen molar-refractivity contribution < 1.29 is 0 Å². The number of fused-ring (bicyclic) bond motifs is 3. The Kier molecular flexibility index (Phi) is 2.78. The number of nitrogens with zero attached hydrogens (tertiary/aromatic N) is 4. The second kappa shape index (κ2) is 4.82. The Balaban J connectivity index is 2.33. The minimum atomic E-state index is -0.329. The lowest BCUT2D eigenvalue weighted by Gasteiger charge is -2.09. The minimum Gasteiger partial charge on any atom is -0.342 e. The highest BCUT2D eigenvalue weighted by molar-refractivity contribution is 6.06. The lowest BCUT2D eigenvalue weighted by molar-refractivity contribution is 0.986. The summed E-state index contributed by atoms with van der Waals surface area (Å²) >= 11 is 0. The van der Waals surface area contributed by atoms with Crippen LogP contribution in [0.15, 0.2) is 59.7 Å². The standard InChI is InChI=1S/C18H12N4O/c1-21-15-7-3-2-6-14(15)17-16(21)9-12(10-19)18(23)22(17)13-5-4-8-20-11-13/h2-9,11H,1H3. The molecule has 23 heavy (non-hydrogen) atoms. The van der Waals surface area contributed by atoms with Crippen molar-refractivity contribution in [2.24, 2.45) is 7.05 Å². The molecule has 0 aliphatic rings. The first-order valence-corrected chi connectivity index (χ1v) is 7.16. The minimum absolute atomic E-state index is 0.118. The molecule has 0 aliphatic carbocycles. The number of aromatic nitrogens is 3. The maximum absolute atomic E-state index is 12.8. The monoisotopic (exact) mass is 300 g/mol. The molecule has 0 N–H and O–H groups in total. The summed E-state index contributed by atoms with van der Waals surface area (Å²) in [6.07, 6.45) is 3.28. The predicted octanol–water partition coefficient (Wildman–Crippen LogP) is 2.75. The number of hydrogen-bond acceptors (Lipinski definition) is 3. The van der Waals surface area contributed by atoms with Crippen LogP contribution in [0.2, 0.25) is 0 Å². The van der Waals surface area contributed by atoms with E-state index in [1.54, 1.807) is 29.1 Å². The van der Waals surface area contributed by atoms with Crippen molar-refractivity contribution in [3.8, 4) is 11.8 Å². The van der Waals surface area contributed by atoms with Crippen molar-refractivity contribution >= 4 is 21.9 Å². The van der Waals surface area contributed by atoms with Gasteiger partial charge in [0.1, 0.15) is 11.6 Å². The van der Waals surface area contributed by atoms with Gasteiger partial charge in [-0.3, -0.25) is 14.3 Å². The maximum Gasteiger partial charge on any atom is 0.273 e. The van der Waals surface area contributed by atoms with Crippen LogP contribution in [-0.4, -0.2) is 14.1 Å². The molecule has 5 heteroatoms. The average molecular weight is 300 g/mol. The van der Waals surface area contributed by atoms with Crippen LogP contribution in [0.1, 0.15) is 5.56 Å². The summed E-state index contributed by atoms with van der Waals surface area (Å²) in [5.74, 6) is 0. The molecular weight excluding hydrogens is 288 g/mol. The van der Waals surface area contributed by atoms with Gasteiger partial charge >= 0.3 is 0 Å². The third-order valence-electron chi connectivity index (χ3n) is 4.09. The Bertz CT molecular complexity index is 1150. The molecule has 0 radical (unpaired) electrons. The molecule has 0 aliphatic heterocycles. The summed E-state index contributed by atoms with van der Waals surface area (Å²) in [5, 5.41) is 10.3. The molecule has 0 unspecified atom stereocenters.